The predicted molar refractivity (Wildman–Crippen MR) is 78.7 cm³/mol. The molecular formula is C15H15N3O3. The number of carboxylic acid groups (broad SMARTS) is 1. The second-order valence-electron chi connectivity index (χ2n) is 4.90. The van der Waals surface area contributed by atoms with Crippen LogP contribution in [0, 0.1) is 0 Å². The van der Waals surface area contributed by atoms with Crippen LogP contribution < -0.4 is 15.8 Å². The Morgan fingerprint density at radius 1 is 1.48 bits per heavy atom. The Kier molecular flexibility index (Phi) is 3.35. The lowest BCUT2D eigenvalue weighted by Gasteiger charge is -2.14. The van der Waals surface area contributed by atoms with E-state index in [2.05, 4.69) is 10.3 Å². The number of rotatable bonds is 4. The number of anilines is 2. The number of nitrogens with two attached hydrogens (primary N) is 1. The highest BCUT2D eigenvalue weighted by Crippen LogP contribution is 2.28. The molecule has 1 aliphatic heterocycles. The Labute approximate surface area is 121 Å². The molecule has 1 unspecified atom stereocenters. The first-order valence-corrected chi connectivity index (χ1v) is 6.61. The Balaban J connectivity index is 1.68. The molecule has 1 aromatic heterocycles. The SMILES string of the molecule is Nc1cnc(NCC2Cc3ccccc3O2)c(C(=O)O)c1. The molecule has 108 valence electrons. The van der Waals surface area contributed by atoms with Crippen LogP contribution in [0.15, 0.2) is 36.5 Å². The molecule has 1 aromatic carbocycles. The third-order valence-electron chi connectivity index (χ3n) is 3.35. The topological polar surface area (TPSA) is 97.5 Å². The van der Waals surface area contributed by atoms with Gasteiger partial charge in [0, 0.05) is 6.42 Å². The van der Waals surface area contributed by atoms with Crippen LogP contribution in [-0.4, -0.2) is 28.7 Å². The Hall–Kier alpha value is -2.76. The van der Waals surface area contributed by atoms with Gasteiger partial charge in [0.05, 0.1) is 18.4 Å². The van der Waals surface area contributed by atoms with E-state index in [4.69, 9.17) is 15.6 Å². The lowest BCUT2D eigenvalue weighted by atomic mass is 10.1. The van der Waals surface area contributed by atoms with E-state index >= 15 is 0 Å². The Bertz CT molecular complexity index is 663. The van der Waals surface area contributed by atoms with E-state index in [1.165, 1.54) is 12.3 Å². The van der Waals surface area contributed by atoms with Gasteiger partial charge in [0.2, 0.25) is 0 Å². The van der Waals surface area contributed by atoms with Gasteiger partial charge in [-0.05, 0) is 17.7 Å². The number of para-hydroxylation sites is 1. The molecule has 4 N–H and O–H groups in total. The average molecular weight is 285 g/mol. The van der Waals surface area contributed by atoms with Gasteiger partial charge in [-0.3, -0.25) is 0 Å². The van der Waals surface area contributed by atoms with E-state index < -0.39 is 5.97 Å². The largest absolute Gasteiger partial charge is 0.488 e. The molecule has 2 heterocycles. The molecule has 1 atom stereocenters. The van der Waals surface area contributed by atoms with E-state index in [9.17, 15) is 4.79 Å². The van der Waals surface area contributed by atoms with E-state index in [0.29, 0.717) is 18.1 Å². The zero-order valence-electron chi connectivity index (χ0n) is 11.2. The summed E-state index contributed by atoms with van der Waals surface area (Å²) >= 11 is 0. The Morgan fingerprint density at radius 2 is 2.29 bits per heavy atom. The van der Waals surface area contributed by atoms with E-state index in [1.54, 1.807) is 0 Å². The summed E-state index contributed by atoms with van der Waals surface area (Å²) in [5.41, 5.74) is 7.11. The molecule has 6 heteroatoms. The summed E-state index contributed by atoms with van der Waals surface area (Å²) in [6.07, 6.45) is 2.18. The summed E-state index contributed by atoms with van der Waals surface area (Å²) in [4.78, 5) is 15.2. The number of carboxylic acids is 1. The molecule has 0 saturated heterocycles. The zero-order chi connectivity index (χ0) is 14.8. The van der Waals surface area contributed by atoms with E-state index in [-0.39, 0.29) is 11.7 Å². The number of nitrogen functional groups attached to an aromatic ring is 1. The lowest BCUT2D eigenvalue weighted by Crippen LogP contribution is -2.25. The highest BCUT2D eigenvalue weighted by molar-refractivity contribution is 5.94. The van der Waals surface area contributed by atoms with Gasteiger partial charge in [0.1, 0.15) is 23.2 Å². The van der Waals surface area contributed by atoms with Gasteiger partial charge in [-0.25, -0.2) is 9.78 Å². The van der Waals surface area contributed by atoms with Gasteiger partial charge >= 0.3 is 5.97 Å². The summed E-state index contributed by atoms with van der Waals surface area (Å²) in [7, 11) is 0. The lowest BCUT2D eigenvalue weighted by molar-refractivity contribution is 0.0697. The molecule has 0 radical (unpaired) electrons. The van der Waals surface area contributed by atoms with Crippen molar-refractivity contribution in [2.45, 2.75) is 12.5 Å². The van der Waals surface area contributed by atoms with Gasteiger partial charge in [-0.2, -0.15) is 0 Å². The predicted octanol–water partition coefficient (Wildman–Crippen LogP) is 1.78. The van der Waals surface area contributed by atoms with Crippen molar-refractivity contribution in [3.8, 4) is 5.75 Å². The molecule has 0 amide bonds. The van der Waals surface area contributed by atoms with E-state index in [0.717, 1.165) is 17.7 Å². The summed E-state index contributed by atoms with van der Waals surface area (Å²) in [6.45, 7) is 0.478. The first kappa shape index (κ1) is 13.2. The molecule has 0 aliphatic carbocycles. The highest BCUT2D eigenvalue weighted by Gasteiger charge is 2.22. The molecule has 21 heavy (non-hydrogen) atoms. The average Bonchev–Trinajstić information content (AvgIpc) is 2.88. The first-order chi connectivity index (χ1) is 10.1. The van der Waals surface area contributed by atoms with Gasteiger partial charge in [-0.1, -0.05) is 18.2 Å². The van der Waals surface area contributed by atoms with Crippen LogP contribution in [0.25, 0.3) is 0 Å². The number of aromatic nitrogens is 1. The normalized spacial score (nSPS) is 16.1. The van der Waals surface area contributed by atoms with Crippen molar-refractivity contribution in [1.29, 1.82) is 0 Å². The maximum Gasteiger partial charge on any atom is 0.339 e. The van der Waals surface area contributed by atoms with Gasteiger partial charge in [0.25, 0.3) is 0 Å². The van der Waals surface area contributed by atoms with Crippen LogP contribution in [0.2, 0.25) is 0 Å². The standard InChI is InChI=1S/C15H15N3O3/c16-10-6-12(15(19)20)14(17-7-10)18-8-11-5-9-3-1-2-4-13(9)21-11/h1-4,6-7,11H,5,8,16H2,(H,17,18)(H,19,20). The maximum absolute atomic E-state index is 11.2. The fourth-order valence-corrected chi connectivity index (χ4v) is 2.36. The van der Waals surface area contributed by atoms with Crippen LogP contribution in [-0.2, 0) is 6.42 Å². The van der Waals surface area contributed by atoms with Gasteiger partial charge in [0.15, 0.2) is 0 Å². The van der Waals surface area contributed by atoms with Crippen molar-refractivity contribution in [2.24, 2.45) is 0 Å². The number of ether oxygens (including phenoxy) is 1. The molecule has 0 spiro atoms. The minimum atomic E-state index is -1.06. The number of carbonyl (C=O) groups is 1. The molecule has 0 saturated carbocycles. The zero-order valence-corrected chi connectivity index (χ0v) is 11.2. The van der Waals surface area contributed by atoms with Crippen molar-refractivity contribution in [2.75, 3.05) is 17.6 Å². The third kappa shape index (κ3) is 2.74. The van der Waals surface area contributed by atoms with Gasteiger partial charge in [-0.15, -0.1) is 0 Å². The molecule has 6 nitrogen and oxygen atoms in total. The monoisotopic (exact) mass is 285 g/mol. The minimum absolute atomic E-state index is 0.0385. The molecule has 2 aromatic rings. The summed E-state index contributed by atoms with van der Waals surface area (Å²) in [6, 6.07) is 9.25. The van der Waals surface area contributed by atoms with Gasteiger partial charge < -0.3 is 20.9 Å². The van der Waals surface area contributed by atoms with Crippen LogP contribution in [0.5, 0.6) is 5.75 Å². The molecule has 1 aliphatic rings. The van der Waals surface area contributed by atoms with Crippen molar-refractivity contribution >= 4 is 17.5 Å². The third-order valence-corrected chi connectivity index (χ3v) is 3.35. The van der Waals surface area contributed by atoms with Crippen molar-refractivity contribution in [3.05, 3.63) is 47.7 Å². The summed E-state index contributed by atoms with van der Waals surface area (Å²) in [5.74, 6) is 0.122. The van der Waals surface area contributed by atoms with Crippen molar-refractivity contribution in [1.82, 2.24) is 4.98 Å². The molecule has 0 bridgehead atoms. The summed E-state index contributed by atoms with van der Waals surface area (Å²) < 4.78 is 5.79. The van der Waals surface area contributed by atoms with Crippen LogP contribution >= 0.6 is 0 Å². The molecule has 0 fully saturated rings. The fourth-order valence-electron chi connectivity index (χ4n) is 2.36. The van der Waals surface area contributed by atoms with Crippen LogP contribution in [0.3, 0.4) is 0 Å². The number of fused-ring (bicyclic) bond motifs is 1. The number of hydrogen-bond donors (Lipinski definition) is 3. The number of hydrogen-bond acceptors (Lipinski definition) is 5. The summed E-state index contributed by atoms with van der Waals surface area (Å²) in [5, 5.41) is 12.2. The number of nitrogens with zero attached hydrogens (tertiary/aromatic N) is 1. The van der Waals surface area contributed by atoms with Crippen molar-refractivity contribution < 1.29 is 14.6 Å². The number of aromatic carboxylic acids is 1. The second-order valence-corrected chi connectivity index (χ2v) is 4.90. The molecular weight excluding hydrogens is 270 g/mol. The number of nitrogens with one attached hydrogen (secondary N) is 1. The minimum Gasteiger partial charge on any atom is -0.488 e. The van der Waals surface area contributed by atoms with Crippen molar-refractivity contribution in [3.63, 3.8) is 0 Å². The molecule has 3 rings (SSSR count). The van der Waals surface area contributed by atoms with E-state index in [1.807, 2.05) is 24.3 Å². The van der Waals surface area contributed by atoms with Crippen LogP contribution in [0.4, 0.5) is 11.5 Å². The maximum atomic E-state index is 11.2. The first-order valence-electron chi connectivity index (χ1n) is 6.61. The number of benzene rings is 1. The number of pyridine rings is 1. The second kappa shape index (κ2) is 5.32. The highest BCUT2D eigenvalue weighted by atomic mass is 16.5. The quantitative estimate of drug-likeness (QED) is 0.792. The van der Waals surface area contributed by atoms with Crippen LogP contribution in [0.1, 0.15) is 15.9 Å². The smallest absolute Gasteiger partial charge is 0.339 e. The Morgan fingerprint density at radius 3 is 3.05 bits per heavy atom. The fraction of sp³-hybridized carbons (Fsp3) is 0.200.